The van der Waals surface area contributed by atoms with Crippen LogP contribution in [0.15, 0.2) is 34.9 Å². The van der Waals surface area contributed by atoms with Gasteiger partial charge in [0.25, 0.3) is 0 Å². The minimum Gasteiger partial charge on any atom is -0.496 e. The first-order chi connectivity index (χ1) is 12.5. The second-order valence-electron chi connectivity index (χ2n) is 6.61. The van der Waals surface area contributed by atoms with Crippen LogP contribution in [0, 0.1) is 13.8 Å². The van der Waals surface area contributed by atoms with E-state index in [0.29, 0.717) is 13.1 Å². The lowest BCUT2D eigenvalue weighted by Crippen LogP contribution is -2.47. The fourth-order valence-electron chi connectivity index (χ4n) is 3.09. The molecule has 1 fully saturated rings. The van der Waals surface area contributed by atoms with Gasteiger partial charge in [0, 0.05) is 43.9 Å². The van der Waals surface area contributed by atoms with E-state index in [9.17, 15) is 4.79 Å². The van der Waals surface area contributed by atoms with Gasteiger partial charge < -0.3 is 14.2 Å². The zero-order valence-electron chi connectivity index (χ0n) is 15.6. The second-order valence-corrected chi connectivity index (χ2v) is 6.61. The highest BCUT2D eigenvalue weighted by Gasteiger charge is 2.20. The maximum absolute atomic E-state index is 12.5. The minimum atomic E-state index is 0.0312. The SMILES string of the molecule is COc1ccc(C)cc1/C=C/C(=O)N1CCN(Cc2cc(C)no2)CC1. The van der Waals surface area contributed by atoms with Crippen molar-refractivity contribution in [2.24, 2.45) is 0 Å². The van der Waals surface area contributed by atoms with Gasteiger partial charge >= 0.3 is 0 Å². The number of carbonyl (C=O) groups excluding carboxylic acids is 1. The molecule has 1 saturated heterocycles. The largest absolute Gasteiger partial charge is 0.496 e. The third-order valence-electron chi connectivity index (χ3n) is 4.53. The van der Waals surface area contributed by atoms with Crippen molar-refractivity contribution < 1.29 is 14.1 Å². The third kappa shape index (κ3) is 4.52. The van der Waals surface area contributed by atoms with Crippen LogP contribution in [0.1, 0.15) is 22.6 Å². The van der Waals surface area contributed by atoms with E-state index in [-0.39, 0.29) is 5.91 Å². The van der Waals surface area contributed by atoms with Gasteiger partial charge in [-0.1, -0.05) is 16.8 Å². The standard InChI is InChI=1S/C20H25N3O3/c1-15-4-6-19(25-3)17(12-15)5-7-20(24)23-10-8-22(9-11-23)14-18-13-16(2)21-26-18/h4-7,12-13H,8-11,14H2,1-3H3/b7-5+. The highest BCUT2D eigenvalue weighted by molar-refractivity contribution is 5.92. The van der Waals surface area contributed by atoms with Crippen LogP contribution in [0.4, 0.5) is 0 Å². The number of amides is 1. The normalized spacial score (nSPS) is 15.6. The molecule has 0 atom stereocenters. The molecule has 0 aliphatic carbocycles. The molecular formula is C20H25N3O3. The maximum Gasteiger partial charge on any atom is 0.246 e. The molecule has 1 aromatic carbocycles. The molecule has 0 bridgehead atoms. The van der Waals surface area contributed by atoms with Crippen molar-refractivity contribution in [2.45, 2.75) is 20.4 Å². The molecule has 138 valence electrons. The lowest BCUT2D eigenvalue weighted by atomic mass is 10.1. The average Bonchev–Trinajstić information content (AvgIpc) is 3.05. The monoisotopic (exact) mass is 355 g/mol. The van der Waals surface area contributed by atoms with E-state index in [1.54, 1.807) is 13.2 Å². The molecule has 6 heteroatoms. The van der Waals surface area contributed by atoms with E-state index in [2.05, 4.69) is 10.1 Å². The van der Waals surface area contributed by atoms with Crippen LogP contribution in [0.5, 0.6) is 5.75 Å². The van der Waals surface area contributed by atoms with Gasteiger partial charge in [-0.15, -0.1) is 0 Å². The molecule has 0 unspecified atom stereocenters. The number of methoxy groups -OCH3 is 1. The average molecular weight is 355 g/mol. The fraction of sp³-hybridized carbons (Fsp3) is 0.400. The molecule has 0 N–H and O–H groups in total. The van der Waals surface area contributed by atoms with Crippen LogP contribution in [0.3, 0.4) is 0 Å². The van der Waals surface area contributed by atoms with E-state index < -0.39 is 0 Å². The fourth-order valence-corrected chi connectivity index (χ4v) is 3.09. The first-order valence-corrected chi connectivity index (χ1v) is 8.81. The Bertz CT molecular complexity index is 789. The number of benzene rings is 1. The number of aryl methyl sites for hydroxylation is 2. The molecule has 0 radical (unpaired) electrons. The molecule has 2 aromatic rings. The molecular weight excluding hydrogens is 330 g/mol. The summed E-state index contributed by atoms with van der Waals surface area (Å²) in [5, 5.41) is 3.91. The highest BCUT2D eigenvalue weighted by atomic mass is 16.5. The molecule has 1 amide bonds. The van der Waals surface area contributed by atoms with Gasteiger partial charge in [0.05, 0.1) is 19.3 Å². The van der Waals surface area contributed by atoms with Gasteiger partial charge in [0.2, 0.25) is 5.91 Å². The molecule has 3 rings (SSSR count). The summed E-state index contributed by atoms with van der Waals surface area (Å²) in [6.45, 7) is 7.74. The van der Waals surface area contributed by atoms with Crippen molar-refractivity contribution >= 4 is 12.0 Å². The summed E-state index contributed by atoms with van der Waals surface area (Å²) in [6.07, 6.45) is 3.46. The number of hydrogen-bond acceptors (Lipinski definition) is 5. The van der Waals surface area contributed by atoms with E-state index in [0.717, 1.165) is 48.0 Å². The Balaban J connectivity index is 1.54. The Morgan fingerprint density at radius 1 is 1.23 bits per heavy atom. The smallest absolute Gasteiger partial charge is 0.246 e. The summed E-state index contributed by atoms with van der Waals surface area (Å²) in [5.74, 6) is 1.67. The number of aromatic nitrogens is 1. The van der Waals surface area contributed by atoms with Crippen LogP contribution >= 0.6 is 0 Å². The number of hydrogen-bond donors (Lipinski definition) is 0. The topological polar surface area (TPSA) is 58.8 Å². The molecule has 6 nitrogen and oxygen atoms in total. The number of carbonyl (C=O) groups is 1. The quantitative estimate of drug-likeness (QED) is 0.772. The summed E-state index contributed by atoms with van der Waals surface area (Å²) in [6, 6.07) is 7.88. The molecule has 1 aromatic heterocycles. The molecule has 26 heavy (non-hydrogen) atoms. The van der Waals surface area contributed by atoms with Crippen LogP contribution in [0.25, 0.3) is 6.08 Å². The molecule has 0 saturated carbocycles. The Kier molecular flexibility index (Phi) is 5.73. The van der Waals surface area contributed by atoms with Crippen molar-refractivity contribution in [1.29, 1.82) is 0 Å². The van der Waals surface area contributed by atoms with E-state index >= 15 is 0 Å². The van der Waals surface area contributed by atoms with Crippen LogP contribution in [-0.4, -0.2) is 54.2 Å². The first-order valence-electron chi connectivity index (χ1n) is 8.81. The van der Waals surface area contributed by atoms with Gasteiger partial charge in [-0.05, 0) is 32.1 Å². The summed E-state index contributed by atoms with van der Waals surface area (Å²) >= 11 is 0. The van der Waals surface area contributed by atoms with E-state index in [4.69, 9.17) is 9.26 Å². The molecule has 2 heterocycles. The summed E-state index contributed by atoms with van der Waals surface area (Å²) < 4.78 is 10.6. The molecule has 1 aliphatic rings. The molecule has 1 aliphatic heterocycles. The summed E-state index contributed by atoms with van der Waals surface area (Å²) in [4.78, 5) is 16.6. The number of rotatable bonds is 5. The van der Waals surface area contributed by atoms with Crippen LogP contribution < -0.4 is 4.74 Å². The van der Waals surface area contributed by atoms with Gasteiger partial charge in [0.1, 0.15) is 5.75 Å². The van der Waals surface area contributed by atoms with Gasteiger partial charge in [-0.2, -0.15) is 0 Å². The Morgan fingerprint density at radius 3 is 2.65 bits per heavy atom. The number of piperazine rings is 1. The summed E-state index contributed by atoms with van der Waals surface area (Å²) in [5.41, 5.74) is 2.94. The van der Waals surface area contributed by atoms with Crippen LogP contribution in [0.2, 0.25) is 0 Å². The minimum absolute atomic E-state index is 0.0312. The van der Waals surface area contributed by atoms with Crippen molar-refractivity contribution in [1.82, 2.24) is 15.0 Å². The Labute approximate surface area is 154 Å². The van der Waals surface area contributed by atoms with Gasteiger partial charge in [-0.25, -0.2) is 0 Å². The predicted molar refractivity (Wildman–Crippen MR) is 99.9 cm³/mol. The van der Waals surface area contributed by atoms with Gasteiger partial charge in [-0.3, -0.25) is 9.69 Å². The van der Waals surface area contributed by atoms with Crippen molar-refractivity contribution in [2.75, 3.05) is 33.3 Å². The van der Waals surface area contributed by atoms with Crippen LogP contribution in [-0.2, 0) is 11.3 Å². The van der Waals surface area contributed by atoms with Crippen molar-refractivity contribution in [3.8, 4) is 5.75 Å². The first kappa shape index (κ1) is 18.2. The van der Waals surface area contributed by atoms with E-state index in [1.165, 1.54) is 0 Å². The molecule has 0 spiro atoms. The zero-order chi connectivity index (χ0) is 18.5. The Hall–Kier alpha value is -2.60. The Morgan fingerprint density at radius 2 is 2.00 bits per heavy atom. The van der Waals surface area contributed by atoms with Crippen molar-refractivity contribution in [3.63, 3.8) is 0 Å². The van der Waals surface area contributed by atoms with Gasteiger partial charge in [0.15, 0.2) is 5.76 Å². The number of nitrogens with zero attached hydrogens (tertiary/aromatic N) is 3. The van der Waals surface area contributed by atoms with E-state index in [1.807, 2.05) is 49.1 Å². The van der Waals surface area contributed by atoms with Crippen molar-refractivity contribution in [3.05, 3.63) is 52.9 Å². The summed E-state index contributed by atoms with van der Waals surface area (Å²) in [7, 11) is 1.64. The third-order valence-corrected chi connectivity index (χ3v) is 4.53. The zero-order valence-corrected chi connectivity index (χ0v) is 15.6. The lowest BCUT2D eigenvalue weighted by molar-refractivity contribution is -0.127. The second kappa shape index (κ2) is 8.19. The highest BCUT2D eigenvalue weighted by Crippen LogP contribution is 2.21. The lowest BCUT2D eigenvalue weighted by Gasteiger charge is -2.33. The number of ether oxygens (including phenoxy) is 1. The predicted octanol–water partition coefficient (Wildman–Crippen LogP) is 2.66. The maximum atomic E-state index is 12.5.